The van der Waals surface area contributed by atoms with Gasteiger partial charge >= 0.3 is 0 Å². The number of amides is 1. The van der Waals surface area contributed by atoms with E-state index in [1.807, 2.05) is 0 Å². The second-order valence-electron chi connectivity index (χ2n) is 7.19. The summed E-state index contributed by atoms with van der Waals surface area (Å²) in [4.78, 5) is 17.2. The van der Waals surface area contributed by atoms with E-state index < -0.39 is 0 Å². The highest BCUT2D eigenvalue weighted by Gasteiger charge is 2.45. The minimum absolute atomic E-state index is 0.190. The number of carbonyl (C=O) groups excluding carboxylic acids is 1. The molecule has 21 heavy (non-hydrogen) atoms. The molecule has 0 unspecified atom stereocenters. The van der Waals surface area contributed by atoms with Gasteiger partial charge in [-0.25, -0.2) is 0 Å². The van der Waals surface area contributed by atoms with Crippen molar-refractivity contribution >= 4 is 5.91 Å². The van der Waals surface area contributed by atoms with Crippen LogP contribution < -0.4 is 5.73 Å². The van der Waals surface area contributed by atoms with E-state index in [4.69, 9.17) is 5.73 Å². The summed E-state index contributed by atoms with van der Waals surface area (Å²) in [6, 6.07) is 0. The van der Waals surface area contributed by atoms with Gasteiger partial charge in [-0.05, 0) is 51.6 Å². The summed E-state index contributed by atoms with van der Waals surface area (Å²) in [6.45, 7) is 7.03. The first kappa shape index (κ1) is 16.8. The average molecular weight is 295 g/mol. The van der Waals surface area contributed by atoms with Gasteiger partial charge in [0.05, 0.1) is 5.41 Å². The molecule has 1 aliphatic heterocycles. The first-order valence-corrected chi connectivity index (χ1v) is 8.79. The van der Waals surface area contributed by atoms with E-state index in [1.165, 1.54) is 32.4 Å². The van der Waals surface area contributed by atoms with Crippen LogP contribution in [-0.4, -0.2) is 55.5 Å². The summed E-state index contributed by atoms with van der Waals surface area (Å²) in [6.07, 6.45) is 8.03. The molecule has 1 saturated heterocycles. The third-order valence-electron chi connectivity index (χ3n) is 5.52. The van der Waals surface area contributed by atoms with Gasteiger partial charge in [-0.15, -0.1) is 0 Å². The lowest BCUT2D eigenvalue weighted by Crippen LogP contribution is -2.54. The summed E-state index contributed by atoms with van der Waals surface area (Å²) < 4.78 is 0. The van der Waals surface area contributed by atoms with Gasteiger partial charge < -0.3 is 15.5 Å². The molecule has 2 N–H and O–H groups in total. The second-order valence-corrected chi connectivity index (χ2v) is 7.19. The predicted molar refractivity (Wildman–Crippen MR) is 87.0 cm³/mol. The molecule has 1 amide bonds. The monoisotopic (exact) mass is 295 g/mol. The summed E-state index contributed by atoms with van der Waals surface area (Å²) >= 11 is 0. The van der Waals surface area contributed by atoms with E-state index in [9.17, 15) is 4.79 Å². The Balaban J connectivity index is 1.74. The van der Waals surface area contributed by atoms with E-state index in [0.717, 1.165) is 44.7 Å². The highest BCUT2D eigenvalue weighted by molar-refractivity contribution is 5.84. The molecule has 0 aromatic carbocycles. The second kappa shape index (κ2) is 7.59. The van der Waals surface area contributed by atoms with Gasteiger partial charge in [0.2, 0.25) is 5.91 Å². The molecule has 0 aromatic rings. The minimum atomic E-state index is -0.190. The molecule has 4 nitrogen and oxygen atoms in total. The van der Waals surface area contributed by atoms with Gasteiger partial charge in [0.1, 0.15) is 0 Å². The zero-order valence-corrected chi connectivity index (χ0v) is 13.9. The Morgan fingerprint density at radius 1 is 1.33 bits per heavy atom. The molecule has 2 fully saturated rings. The smallest absolute Gasteiger partial charge is 0.230 e. The number of likely N-dealkylation sites (tertiary alicyclic amines) is 1. The molecular weight excluding hydrogens is 262 g/mol. The van der Waals surface area contributed by atoms with Crippen LogP contribution in [0.5, 0.6) is 0 Å². The number of carbonyl (C=O) groups is 1. The molecular formula is C17H33N3O. The van der Waals surface area contributed by atoms with E-state index in [1.54, 1.807) is 0 Å². The maximum absolute atomic E-state index is 12.6. The number of nitrogens with zero attached hydrogens (tertiary/aromatic N) is 2. The van der Waals surface area contributed by atoms with Crippen molar-refractivity contribution in [2.75, 3.05) is 39.8 Å². The van der Waals surface area contributed by atoms with E-state index in [0.29, 0.717) is 12.5 Å². The third-order valence-corrected chi connectivity index (χ3v) is 5.52. The molecule has 122 valence electrons. The first-order valence-electron chi connectivity index (χ1n) is 8.79. The third kappa shape index (κ3) is 3.98. The maximum Gasteiger partial charge on any atom is 0.230 e. The number of nitrogens with two attached hydrogens (primary N) is 1. The van der Waals surface area contributed by atoms with Gasteiger partial charge in [-0.2, -0.15) is 0 Å². The fourth-order valence-electron chi connectivity index (χ4n) is 3.72. The first-order chi connectivity index (χ1) is 10.1. The summed E-state index contributed by atoms with van der Waals surface area (Å²) in [5, 5.41) is 0. The van der Waals surface area contributed by atoms with Crippen LogP contribution in [-0.2, 0) is 4.79 Å². The quantitative estimate of drug-likeness (QED) is 0.782. The molecule has 0 aromatic heterocycles. The number of piperidine rings is 1. The van der Waals surface area contributed by atoms with Gasteiger partial charge in [0.15, 0.2) is 0 Å². The van der Waals surface area contributed by atoms with Crippen molar-refractivity contribution in [1.29, 1.82) is 0 Å². The van der Waals surface area contributed by atoms with E-state index in [2.05, 4.69) is 23.8 Å². The van der Waals surface area contributed by atoms with Crippen LogP contribution in [0.3, 0.4) is 0 Å². The SMILES string of the molecule is CCCCN(C)CC1CCN(C(=O)C2(CN)CCC2)CC1. The molecule has 0 atom stereocenters. The number of hydrogen-bond donors (Lipinski definition) is 1. The lowest BCUT2D eigenvalue weighted by molar-refractivity contribution is -0.148. The van der Waals surface area contributed by atoms with Gasteiger partial charge in [0, 0.05) is 26.2 Å². The van der Waals surface area contributed by atoms with Crippen LogP contribution >= 0.6 is 0 Å². The number of rotatable bonds is 7. The Hall–Kier alpha value is -0.610. The molecule has 2 aliphatic rings. The zero-order valence-electron chi connectivity index (χ0n) is 13.9. The molecule has 0 bridgehead atoms. The van der Waals surface area contributed by atoms with Crippen molar-refractivity contribution in [1.82, 2.24) is 9.80 Å². The summed E-state index contributed by atoms with van der Waals surface area (Å²) in [5.41, 5.74) is 5.67. The minimum Gasteiger partial charge on any atom is -0.342 e. The van der Waals surface area contributed by atoms with Crippen LogP contribution in [0.2, 0.25) is 0 Å². The van der Waals surface area contributed by atoms with Crippen molar-refractivity contribution in [2.24, 2.45) is 17.1 Å². The van der Waals surface area contributed by atoms with E-state index in [-0.39, 0.29) is 5.41 Å². The van der Waals surface area contributed by atoms with Crippen LogP contribution in [0.25, 0.3) is 0 Å². The van der Waals surface area contributed by atoms with Crippen LogP contribution in [0.15, 0.2) is 0 Å². The van der Waals surface area contributed by atoms with Crippen LogP contribution in [0.4, 0.5) is 0 Å². The molecule has 0 radical (unpaired) electrons. The fraction of sp³-hybridized carbons (Fsp3) is 0.941. The molecule has 2 rings (SSSR count). The Morgan fingerprint density at radius 2 is 2.00 bits per heavy atom. The van der Waals surface area contributed by atoms with Gasteiger partial charge in [-0.1, -0.05) is 19.8 Å². The van der Waals surface area contributed by atoms with Crippen molar-refractivity contribution in [3.8, 4) is 0 Å². The van der Waals surface area contributed by atoms with Crippen LogP contribution in [0.1, 0.15) is 51.9 Å². The van der Waals surface area contributed by atoms with Crippen molar-refractivity contribution < 1.29 is 4.79 Å². The van der Waals surface area contributed by atoms with E-state index >= 15 is 0 Å². The highest BCUT2D eigenvalue weighted by Crippen LogP contribution is 2.42. The predicted octanol–water partition coefficient (Wildman–Crippen LogP) is 2.09. The van der Waals surface area contributed by atoms with Crippen molar-refractivity contribution in [2.45, 2.75) is 51.9 Å². The standard InChI is InChI=1S/C17H33N3O/c1-3-4-10-19(2)13-15-6-11-20(12-7-15)16(21)17(14-18)8-5-9-17/h15H,3-14,18H2,1-2H3. The molecule has 1 saturated carbocycles. The summed E-state index contributed by atoms with van der Waals surface area (Å²) in [7, 11) is 2.23. The Morgan fingerprint density at radius 3 is 2.48 bits per heavy atom. The van der Waals surface area contributed by atoms with Crippen LogP contribution in [0, 0.1) is 11.3 Å². The molecule has 4 heteroatoms. The normalized spacial score (nSPS) is 22.4. The number of unbranched alkanes of at least 4 members (excludes halogenated alkanes) is 1. The Bertz CT molecular complexity index is 327. The molecule has 0 spiro atoms. The zero-order chi connectivity index (χ0) is 15.3. The van der Waals surface area contributed by atoms with Crippen molar-refractivity contribution in [3.05, 3.63) is 0 Å². The average Bonchev–Trinajstić information content (AvgIpc) is 2.45. The lowest BCUT2D eigenvalue weighted by atomic mass is 9.67. The van der Waals surface area contributed by atoms with Crippen molar-refractivity contribution in [3.63, 3.8) is 0 Å². The topological polar surface area (TPSA) is 49.6 Å². The highest BCUT2D eigenvalue weighted by atomic mass is 16.2. The van der Waals surface area contributed by atoms with Gasteiger partial charge in [0.25, 0.3) is 0 Å². The largest absolute Gasteiger partial charge is 0.342 e. The lowest BCUT2D eigenvalue weighted by Gasteiger charge is -2.44. The summed E-state index contributed by atoms with van der Waals surface area (Å²) in [5.74, 6) is 1.10. The Labute approximate surface area is 130 Å². The molecule has 1 heterocycles. The Kier molecular flexibility index (Phi) is 6.06. The maximum atomic E-state index is 12.6. The van der Waals surface area contributed by atoms with Gasteiger partial charge in [-0.3, -0.25) is 4.79 Å². The fourth-order valence-corrected chi connectivity index (χ4v) is 3.72. The molecule has 1 aliphatic carbocycles. The number of hydrogen-bond acceptors (Lipinski definition) is 3.